The Bertz CT molecular complexity index is 163. The summed E-state index contributed by atoms with van der Waals surface area (Å²) in [4.78, 5) is 0. The average molecular weight is 198 g/mol. The molecule has 2 aliphatic rings. The van der Waals surface area contributed by atoms with Crippen molar-refractivity contribution in [3.05, 3.63) is 0 Å². The van der Waals surface area contributed by atoms with Crippen molar-refractivity contribution in [1.82, 2.24) is 10.6 Å². The summed E-state index contributed by atoms with van der Waals surface area (Å²) < 4.78 is 5.24. The molecule has 82 valence electrons. The van der Waals surface area contributed by atoms with Gasteiger partial charge in [0.1, 0.15) is 0 Å². The van der Waals surface area contributed by atoms with Gasteiger partial charge in [-0.05, 0) is 45.2 Å². The third-order valence-corrected chi connectivity index (χ3v) is 3.52. The van der Waals surface area contributed by atoms with Gasteiger partial charge in [0.05, 0.1) is 6.10 Å². The smallest absolute Gasteiger partial charge is 0.0601 e. The molecule has 2 rings (SSSR count). The van der Waals surface area contributed by atoms with Gasteiger partial charge in [-0.3, -0.25) is 0 Å². The average Bonchev–Trinajstić information content (AvgIpc) is 2.61. The van der Waals surface area contributed by atoms with E-state index >= 15 is 0 Å². The first-order valence-corrected chi connectivity index (χ1v) is 5.88. The van der Waals surface area contributed by atoms with E-state index in [1.54, 1.807) is 0 Å². The Morgan fingerprint density at radius 3 is 2.93 bits per heavy atom. The van der Waals surface area contributed by atoms with Crippen LogP contribution in [-0.4, -0.2) is 38.4 Å². The van der Waals surface area contributed by atoms with Crippen LogP contribution in [0.2, 0.25) is 0 Å². The van der Waals surface area contributed by atoms with E-state index in [1.807, 2.05) is 7.11 Å². The number of rotatable bonds is 5. The third-order valence-electron chi connectivity index (χ3n) is 3.52. The molecule has 0 spiro atoms. The molecule has 0 radical (unpaired) electrons. The molecule has 0 amide bonds. The standard InChI is InChI=1S/C11H22N2O/c1-14-11-7-10(8-11)13-6-4-9-3-2-5-12-9/h9-13H,2-8H2,1H3. The Labute approximate surface area is 86.6 Å². The highest BCUT2D eigenvalue weighted by molar-refractivity contribution is 4.86. The second-order valence-corrected chi connectivity index (χ2v) is 4.56. The van der Waals surface area contributed by atoms with Gasteiger partial charge in [-0.1, -0.05) is 0 Å². The minimum atomic E-state index is 0.525. The first-order valence-electron chi connectivity index (χ1n) is 5.88. The van der Waals surface area contributed by atoms with Crippen LogP contribution in [-0.2, 0) is 4.74 Å². The summed E-state index contributed by atoms with van der Waals surface area (Å²) in [7, 11) is 1.81. The largest absolute Gasteiger partial charge is 0.381 e. The third kappa shape index (κ3) is 2.69. The molecular weight excluding hydrogens is 176 g/mol. The van der Waals surface area contributed by atoms with Gasteiger partial charge in [-0.15, -0.1) is 0 Å². The van der Waals surface area contributed by atoms with Crippen LogP contribution >= 0.6 is 0 Å². The Kier molecular flexibility index (Phi) is 3.79. The molecule has 14 heavy (non-hydrogen) atoms. The van der Waals surface area contributed by atoms with Crippen LogP contribution in [0.5, 0.6) is 0 Å². The Balaban J connectivity index is 1.47. The second kappa shape index (κ2) is 5.10. The predicted octanol–water partition coefficient (Wildman–Crippen LogP) is 0.895. The molecule has 3 heteroatoms. The lowest BCUT2D eigenvalue weighted by molar-refractivity contribution is 0.0174. The van der Waals surface area contributed by atoms with E-state index in [9.17, 15) is 0 Å². The van der Waals surface area contributed by atoms with E-state index in [0.29, 0.717) is 6.10 Å². The van der Waals surface area contributed by atoms with Gasteiger partial charge in [0.15, 0.2) is 0 Å². The number of hydrogen-bond donors (Lipinski definition) is 2. The molecule has 1 heterocycles. The number of nitrogens with one attached hydrogen (secondary N) is 2. The van der Waals surface area contributed by atoms with Crippen molar-refractivity contribution in [2.24, 2.45) is 0 Å². The first kappa shape index (κ1) is 10.4. The van der Waals surface area contributed by atoms with Gasteiger partial charge in [-0.25, -0.2) is 0 Å². The summed E-state index contributed by atoms with van der Waals surface area (Å²) in [6.07, 6.45) is 6.95. The molecule has 2 N–H and O–H groups in total. The van der Waals surface area contributed by atoms with Crippen LogP contribution in [0.25, 0.3) is 0 Å². The highest BCUT2D eigenvalue weighted by Gasteiger charge is 2.28. The highest BCUT2D eigenvalue weighted by Crippen LogP contribution is 2.22. The number of hydrogen-bond acceptors (Lipinski definition) is 3. The normalized spacial score (nSPS) is 37.1. The topological polar surface area (TPSA) is 33.3 Å². The van der Waals surface area contributed by atoms with Crippen LogP contribution in [0, 0.1) is 0 Å². The van der Waals surface area contributed by atoms with Gasteiger partial charge in [0.2, 0.25) is 0 Å². The maximum absolute atomic E-state index is 5.24. The molecular formula is C11H22N2O. The first-order chi connectivity index (χ1) is 6.88. The molecule has 1 saturated heterocycles. The fourth-order valence-electron chi connectivity index (χ4n) is 2.39. The van der Waals surface area contributed by atoms with Crippen molar-refractivity contribution < 1.29 is 4.74 Å². The molecule has 2 fully saturated rings. The molecule has 3 nitrogen and oxygen atoms in total. The van der Waals surface area contributed by atoms with Crippen molar-refractivity contribution >= 4 is 0 Å². The van der Waals surface area contributed by atoms with Crippen molar-refractivity contribution in [1.29, 1.82) is 0 Å². The molecule has 1 saturated carbocycles. The Morgan fingerprint density at radius 1 is 1.43 bits per heavy atom. The van der Waals surface area contributed by atoms with Crippen LogP contribution in [0.4, 0.5) is 0 Å². The van der Waals surface area contributed by atoms with Gasteiger partial charge < -0.3 is 15.4 Å². The van der Waals surface area contributed by atoms with Crippen LogP contribution in [0.15, 0.2) is 0 Å². The lowest BCUT2D eigenvalue weighted by Crippen LogP contribution is -2.46. The van der Waals surface area contributed by atoms with Crippen molar-refractivity contribution in [3.63, 3.8) is 0 Å². The van der Waals surface area contributed by atoms with Crippen LogP contribution < -0.4 is 10.6 Å². The van der Waals surface area contributed by atoms with E-state index in [2.05, 4.69) is 10.6 Å². The minimum Gasteiger partial charge on any atom is -0.381 e. The Morgan fingerprint density at radius 2 is 2.29 bits per heavy atom. The van der Waals surface area contributed by atoms with Crippen molar-refractivity contribution in [2.75, 3.05) is 20.2 Å². The lowest BCUT2D eigenvalue weighted by atomic mass is 9.89. The zero-order chi connectivity index (χ0) is 9.80. The fraction of sp³-hybridized carbons (Fsp3) is 1.00. The molecule has 0 aromatic rings. The summed E-state index contributed by atoms with van der Waals surface area (Å²) in [5.74, 6) is 0. The van der Waals surface area contributed by atoms with Gasteiger partial charge in [0.25, 0.3) is 0 Å². The zero-order valence-electron chi connectivity index (χ0n) is 9.09. The summed E-state index contributed by atoms with van der Waals surface area (Å²) in [6.45, 7) is 2.39. The van der Waals surface area contributed by atoms with E-state index in [4.69, 9.17) is 4.74 Å². The van der Waals surface area contributed by atoms with E-state index in [0.717, 1.165) is 12.1 Å². The minimum absolute atomic E-state index is 0.525. The summed E-state index contributed by atoms with van der Waals surface area (Å²) in [5, 5.41) is 7.11. The number of methoxy groups -OCH3 is 1. The Hall–Kier alpha value is -0.120. The summed E-state index contributed by atoms with van der Waals surface area (Å²) >= 11 is 0. The SMILES string of the molecule is COC1CC(NCCC2CCCN2)C1. The summed E-state index contributed by atoms with van der Waals surface area (Å²) in [6, 6.07) is 1.50. The summed E-state index contributed by atoms with van der Waals surface area (Å²) in [5.41, 5.74) is 0. The van der Waals surface area contributed by atoms with Crippen molar-refractivity contribution in [3.8, 4) is 0 Å². The van der Waals surface area contributed by atoms with E-state index < -0.39 is 0 Å². The predicted molar refractivity (Wildman–Crippen MR) is 57.5 cm³/mol. The van der Waals surface area contributed by atoms with Crippen LogP contribution in [0.1, 0.15) is 32.1 Å². The van der Waals surface area contributed by atoms with E-state index in [-0.39, 0.29) is 0 Å². The maximum atomic E-state index is 5.24. The van der Waals surface area contributed by atoms with Crippen LogP contribution in [0.3, 0.4) is 0 Å². The molecule has 1 atom stereocenters. The van der Waals surface area contributed by atoms with Gasteiger partial charge >= 0.3 is 0 Å². The second-order valence-electron chi connectivity index (χ2n) is 4.56. The number of ether oxygens (including phenoxy) is 1. The molecule has 1 aliphatic heterocycles. The highest BCUT2D eigenvalue weighted by atomic mass is 16.5. The zero-order valence-corrected chi connectivity index (χ0v) is 9.09. The lowest BCUT2D eigenvalue weighted by Gasteiger charge is -2.35. The molecule has 0 aromatic carbocycles. The monoisotopic (exact) mass is 198 g/mol. The van der Waals surface area contributed by atoms with E-state index in [1.165, 1.54) is 45.2 Å². The molecule has 0 aromatic heterocycles. The van der Waals surface area contributed by atoms with Gasteiger partial charge in [-0.2, -0.15) is 0 Å². The molecule has 0 bridgehead atoms. The molecule has 1 unspecified atom stereocenters. The van der Waals surface area contributed by atoms with Crippen molar-refractivity contribution in [2.45, 2.75) is 50.3 Å². The fourth-order valence-corrected chi connectivity index (χ4v) is 2.39. The van der Waals surface area contributed by atoms with Gasteiger partial charge in [0, 0.05) is 19.2 Å². The maximum Gasteiger partial charge on any atom is 0.0601 e. The molecule has 1 aliphatic carbocycles. The quantitative estimate of drug-likeness (QED) is 0.688.